The van der Waals surface area contributed by atoms with Gasteiger partial charge in [-0.25, -0.2) is 14.4 Å². The average molecular weight is 344 g/mol. The number of methoxy groups -OCH3 is 1. The maximum absolute atomic E-state index is 13.7. The lowest BCUT2D eigenvalue weighted by Gasteiger charge is -2.33. The lowest BCUT2D eigenvalue weighted by atomic mass is 9.80. The summed E-state index contributed by atoms with van der Waals surface area (Å²) >= 11 is 0. The van der Waals surface area contributed by atoms with Crippen molar-refractivity contribution < 1.29 is 23.5 Å². The number of aromatic nitrogens is 2. The van der Waals surface area contributed by atoms with Crippen LogP contribution in [0.15, 0.2) is 30.6 Å². The molecule has 1 heterocycles. The summed E-state index contributed by atoms with van der Waals surface area (Å²) in [5.41, 5.74) is 1.22. The first-order valence-corrected chi connectivity index (χ1v) is 7.89. The molecule has 0 radical (unpaired) electrons. The predicted octanol–water partition coefficient (Wildman–Crippen LogP) is 2.82. The summed E-state index contributed by atoms with van der Waals surface area (Å²) in [6, 6.07) is 4.56. The summed E-state index contributed by atoms with van der Waals surface area (Å²) < 4.78 is 24.0. The first-order chi connectivity index (χ1) is 12.1. The molecule has 0 atom stereocenters. The zero-order valence-electron chi connectivity index (χ0n) is 13.6. The van der Waals surface area contributed by atoms with E-state index in [0.29, 0.717) is 23.8 Å². The molecule has 1 saturated carbocycles. The van der Waals surface area contributed by atoms with Crippen molar-refractivity contribution in [1.29, 1.82) is 0 Å². The zero-order valence-corrected chi connectivity index (χ0v) is 13.6. The summed E-state index contributed by atoms with van der Waals surface area (Å²) in [6.45, 7) is 0. The Hall–Kier alpha value is -2.83. The van der Waals surface area contributed by atoms with Crippen LogP contribution in [0.25, 0.3) is 11.1 Å². The standard InChI is InChI=1S/C18H17FN2O4/c1-24-17(23)6-11-4-15(5-11)25-18-20-8-14(9-21-18)12-2-3-13(10-22)16(19)7-12/h2-3,7-11,15H,4-6H2,1H3. The van der Waals surface area contributed by atoms with Gasteiger partial charge in [-0.2, -0.15) is 0 Å². The Bertz CT molecular complexity index is 773. The molecule has 25 heavy (non-hydrogen) atoms. The third-order valence-electron chi connectivity index (χ3n) is 4.24. The summed E-state index contributed by atoms with van der Waals surface area (Å²) in [5.74, 6) is -0.521. The van der Waals surface area contributed by atoms with Crippen molar-refractivity contribution >= 4 is 12.3 Å². The van der Waals surface area contributed by atoms with Crippen molar-refractivity contribution in [2.75, 3.05) is 7.11 Å². The highest BCUT2D eigenvalue weighted by Crippen LogP contribution is 2.33. The molecule has 130 valence electrons. The molecule has 0 aliphatic heterocycles. The lowest BCUT2D eigenvalue weighted by Crippen LogP contribution is -2.35. The Balaban J connectivity index is 1.57. The third-order valence-corrected chi connectivity index (χ3v) is 4.24. The lowest BCUT2D eigenvalue weighted by molar-refractivity contribution is -0.143. The van der Waals surface area contributed by atoms with E-state index in [9.17, 15) is 14.0 Å². The van der Waals surface area contributed by atoms with Crippen LogP contribution in [0.1, 0.15) is 29.6 Å². The molecule has 1 aliphatic carbocycles. The van der Waals surface area contributed by atoms with Crippen LogP contribution in [0.3, 0.4) is 0 Å². The minimum Gasteiger partial charge on any atom is -0.469 e. The molecule has 0 bridgehead atoms. The minimum atomic E-state index is -0.584. The van der Waals surface area contributed by atoms with Crippen LogP contribution in [0.2, 0.25) is 0 Å². The van der Waals surface area contributed by atoms with Crippen LogP contribution in [-0.4, -0.2) is 35.4 Å². The average Bonchev–Trinajstić information content (AvgIpc) is 2.60. The van der Waals surface area contributed by atoms with E-state index < -0.39 is 5.82 Å². The van der Waals surface area contributed by atoms with Gasteiger partial charge in [0.05, 0.1) is 12.7 Å². The maximum atomic E-state index is 13.7. The van der Waals surface area contributed by atoms with Crippen molar-refractivity contribution in [3.63, 3.8) is 0 Å². The topological polar surface area (TPSA) is 78.4 Å². The molecule has 1 fully saturated rings. The van der Waals surface area contributed by atoms with Gasteiger partial charge >= 0.3 is 12.0 Å². The van der Waals surface area contributed by atoms with Gasteiger partial charge in [0.1, 0.15) is 11.9 Å². The number of benzene rings is 1. The van der Waals surface area contributed by atoms with E-state index in [1.54, 1.807) is 18.5 Å². The van der Waals surface area contributed by atoms with Crippen LogP contribution in [0.5, 0.6) is 6.01 Å². The molecule has 2 aromatic rings. The van der Waals surface area contributed by atoms with E-state index in [4.69, 9.17) is 4.74 Å². The third kappa shape index (κ3) is 3.99. The second kappa shape index (κ2) is 7.38. The Labute approximate surface area is 144 Å². The number of rotatable bonds is 6. The van der Waals surface area contributed by atoms with Crippen LogP contribution in [0.4, 0.5) is 4.39 Å². The molecule has 1 aromatic heterocycles. The fourth-order valence-electron chi connectivity index (χ4n) is 2.73. The quantitative estimate of drug-likeness (QED) is 0.592. The van der Waals surface area contributed by atoms with Gasteiger partial charge in [-0.1, -0.05) is 6.07 Å². The number of ether oxygens (including phenoxy) is 2. The number of carbonyl (C=O) groups excluding carboxylic acids is 2. The highest BCUT2D eigenvalue weighted by molar-refractivity contribution is 5.77. The van der Waals surface area contributed by atoms with Crippen molar-refractivity contribution in [2.45, 2.75) is 25.4 Å². The molecular formula is C18H17FN2O4. The van der Waals surface area contributed by atoms with Gasteiger partial charge in [-0.15, -0.1) is 0 Å². The fraction of sp³-hybridized carbons (Fsp3) is 0.333. The van der Waals surface area contributed by atoms with Gasteiger partial charge in [0.15, 0.2) is 6.29 Å². The Morgan fingerprint density at radius 3 is 2.60 bits per heavy atom. The van der Waals surface area contributed by atoms with E-state index in [1.165, 1.54) is 19.2 Å². The number of aldehydes is 1. The first kappa shape index (κ1) is 17.0. The molecule has 7 heteroatoms. The van der Waals surface area contributed by atoms with Gasteiger partial charge in [-0.3, -0.25) is 9.59 Å². The molecule has 1 aromatic carbocycles. The number of hydrogen-bond donors (Lipinski definition) is 0. The summed E-state index contributed by atoms with van der Waals surface area (Å²) in [6.07, 6.45) is 5.48. The number of esters is 1. The maximum Gasteiger partial charge on any atom is 0.316 e. The van der Waals surface area contributed by atoms with Gasteiger partial charge in [0.25, 0.3) is 0 Å². The number of nitrogens with zero attached hydrogens (tertiary/aromatic N) is 2. The van der Waals surface area contributed by atoms with E-state index in [2.05, 4.69) is 14.7 Å². The Kier molecular flexibility index (Phi) is 5.02. The first-order valence-electron chi connectivity index (χ1n) is 7.89. The van der Waals surface area contributed by atoms with Crippen molar-refractivity contribution in [3.8, 4) is 17.1 Å². The molecule has 0 amide bonds. The molecular weight excluding hydrogens is 327 g/mol. The highest BCUT2D eigenvalue weighted by Gasteiger charge is 2.33. The number of halogens is 1. The SMILES string of the molecule is COC(=O)CC1CC(Oc2ncc(-c3ccc(C=O)c(F)c3)cn2)C1. The normalized spacial score (nSPS) is 19.0. The summed E-state index contributed by atoms with van der Waals surface area (Å²) in [5, 5.41) is 0. The fourth-order valence-corrected chi connectivity index (χ4v) is 2.73. The van der Waals surface area contributed by atoms with Crippen molar-refractivity contribution in [3.05, 3.63) is 42.0 Å². The van der Waals surface area contributed by atoms with Crippen molar-refractivity contribution in [1.82, 2.24) is 9.97 Å². The summed E-state index contributed by atoms with van der Waals surface area (Å²) in [4.78, 5) is 30.1. The molecule has 1 aliphatic rings. The second-order valence-corrected chi connectivity index (χ2v) is 5.97. The molecule has 6 nitrogen and oxygen atoms in total. The van der Waals surface area contributed by atoms with E-state index in [1.807, 2.05) is 0 Å². The van der Waals surface area contributed by atoms with Crippen molar-refractivity contribution in [2.24, 2.45) is 5.92 Å². The van der Waals surface area contributed by atoms with Crippen LogP contribution in [-0.2, 0) is 9.53 Å². The second-order valence-electron chi connectivity index (χ2n) is 5.97. The van der Waals surface area contributed by atoms with Crippen LogP contribution < -0.4 is 4.74 Å². The smallest absolute Gasteiger partial charge is 0.316 e. The monoisotopic (exact) mass is 344 g/mol. The van der Waals surface area contributed by atoms with E-state index >= 15 is 0 Å². The highest BCUT2D eigenvalue weighted by atomic mass is 19.1. The zero-order chi connectivity index (χ0) is 17.8. The number of carbonyl (C=O) groups is 2. The van der Waals surface area contributed by atoms with Gasteiger partial charge in [0.2, 0.25) is 0 Å². The summed E-state index contributed by atoms with van der Waals surface area (Å²) in [7, 11) is 1.38. The molecule has 0 spiro atoms. The van der Waals surface area contributed by atoms with Crippen LogP contribution >= 0.6 is 0 Å². The van der Waals surface area contributed by atoms with Crippen LogP contribution in [0, 0.1) is 11.7 Å². The van der Waals surface area contributed by atoms with Gasteiger partial charge in [-0.05, 0) is 36.5 Å². The largest absolute Gasteiger partial charge is 0.469 e. The van der Waals surface area contributed by atoms with E-state index in [-0.39, 0.29) is 29.6 Å². The van der Waals surface area contributed by atoms with Gasteiger partial charge < -0.3 is 9.47 Å². The number of hydrogen-bond acceptors (Lipinski definition) is 6. The molecule has 0 unspecified atom stereocenters. The molecule has 0 N–H and O–H groups in total. The Morgan fingerprint density at radius 2 is 2.00 bits per heavy atom. The predicted molar refractivity (Wildman–Crippen MR) is 86.6 cm³/mol. The molecule has 3 rings (SSSR count). The van der Waals surface area contributed by atoms with Gasteiger partial charge in [0, 0.05) is 24.4 Å². The van der Waals surface area contributed by atoms with E-state index in [0.717, 1.165) is 12.8 Å². The minimum absolute atomic E-state index is 0.00942. The Morgan fingerprint density at radius 1 is 1.28 bits per heavy atom. The molecule has 0 saturated heterocycles.